The summed E-state index contributed by atoms with van der Waals surface area (Å²) in [5, 5.41) is 0. The summed E-state index contributed by atoms with van der Waals surface area (Å²) >= 11 is 0. The Morgan fingerprint density at radius 3 is 2.54 bits per heavy atom. The van der Waals surface area contributed by atoms with Crippen molar-refractivity contribution in [3.8, 4) is 5.75 Å². The van der Waals surface area contributed by atoms with Crippen molar-refractivity contribution >= 4 is 7.91 Å². The summed E-state index contributed by atoms with van der Waals surface area (Å²) in [7, 11) is -4.41. The number of benzene rings is 1. The highest BCUT2D eigenvalue weighted by Crippen LogP contribution is 2.49. The van der Waals surface area contributed by atoms with Gasteiger partial charge in [0, 0.05) is 0 Å². The first kappa shape index (κ1) is 10.2. The molecule has 0 fully saturated rings. The molecular formula is C8H10FO3P. The molecule has 0 aliphatic rings. The fraction of sp³-hybridized carbons (Fsp3) is 0.250. The van der Waals surface area contributed by atoms with Crippen LogP contribution in [-0.2, 0) is 9.09 Å². The molecule has 0 radical (unpaired) electrons. The highest BCUT2D eigenvalue weighted by molar-refractivity contribution is 7.48. The molecule has 3 nitrogen and oxygen atoms in total. The molecule has 1 atom stereocenters. The Kier molecular flexibility index (Phi) is 3.46. The van der Waals surface area contributed by atoms with E-state index in [1.54, 1.807) is 25.1 Å². The van der Waals surface area contributed by atoms with E-state index in [0.29, 0.717) is 0 Å². The van der Waals surface area contributed by atoms with E-state index in [-0.39, 0.29) is 12.4 Å². The number of para-hydroxylation sites is 1. The van der Waals surface area contributed by atoms with Gasteiger partial charge in [0.2, 0.25) is 0 Å². The normalized spacial score (nSPS) is 14.9. The molecule has 1 unspecified atom stereocenters. The lowest BCUT2D eigenvalue weighted by atomic mass is 10.3. The van der Waals surface area contributed by atoms with Gasteiger partial charge in [0.25, 0.3) is 0 Å². The lowest BCUT2D eigenvalue weighted by Gasteiger charge is -2.08. The van der Waals surface area contributed by atoms with Crippen LogP contribution in [0.2, 0.25) is 0 Å². The quantitative estimate of drug-likeness (QED) is 0.706. The predicted octanol–water partition coefficient (Wildman–Crippen LogP) is 3.18. The molecule has 0 amide bonds. The van der Waals surface area contributed by atoms with Gasteiger partial charge in [0.15, 0.2) is 0 Å². The molecule has 0 saturated carbocycles. The molecule has 0 heterocycles. The summed E-state index contributed by atoms with van der Waals surface area (Å²) < 4.78 is 32.6. The van der Waals surface area contributed by atoms with Crippen LogP contribution in [-0.4, -0.2) is 6.61 Å². The van der Waals surface area contributed by atoms with Crippen molar-refractivity contribution in [2.75, 3.05) is 6.61 Å². The van der Waals surface area contributed by atoms with Crippen LogP contribution in [0.4, 0.5) is 4.20 Å². The zero-order valence-electron chi connectivity index (χ0n) is 7.14. The number of hydrogen-bond acceptors (Lipinski definition) is 3. The zero-order chi connectivity index (χ0) is 9.73. The Morgan fingerprint density at radius 2 is 2.00 bits per heavy atom. The number of rotatable bonds is 4. The van der Waals surface area contributed by atoms with Crippen LogP contribution in [0.1, 0.15) is 6.92 Å². The Bertz CT molecular complexity index is 302. The smallest absolute Gasteiger partial charge is 0.401 e. The maximum atomic E-state index is 12.9. The van der Waals surface area contributed by atoms with E-state index in [0.717, 1.165) is 0 Å². The van der Waals surface area contributed by atoms with Crippen LogP contribution < -0.4 is 4.52 Å². The Balaban J connectivity index is 2.64. The molecule has 72 valence electrons. The summed E-state index contributed by atoms with van der Waals surface area (Å²) in [6.45, 7) is 1.56. The van der Waals surface area contributed by atoms with E-state index in [1.807, 2.05) is 0 Å². The minimum atomic E-state index is -4.41. The molecule has 1 aromatic rings. The van der Waals surface area contributed by atoms with Gasteiger partial charge in [0.05, 0.1) is 6.61 Å². The minimum Gasteiger partial charge on any atom is -0.401 e. The van der Waals surface area contributed by atoms with Crippen LogP contribution in [0.5, 0.6) is 5.75 Å². The van der Waals surface area contributed by atoms with Gasteiger partial charge in [-0.25, -0.2) is 4.57 Å². The lowest BCUT2D eigenvalue weighted by Crippen LogP contribution is -1.92. The van der Waals surface area contributed by atoms with Crippen molar-refractivity contribution < 1.29 is 17.8 Å². The van der Waals surface area contributed by atoms with Crippen molar-refractivity contribution in [1.29, 1.82) is 0 Å². The van der Waals surface area contributed by atoms with Crippen LogP contribution >= 0.6 is 7.91 Å². The van der Waals surface area contributed by atoms with E-state index in [4.69, 9.17) is 0 Å². The van der Waals surface area contributed by atoms with Crippen LogP contribution in [0.15, 0.2) is 30.3 Å². The van der Waals surface area contributed by atoms with Gasteiger partial charge in [0.1, 0.15) is 5.75 Å². The van der Waals surface area contributed by atoms with Crippen LogP contribution in [0.3, 0.4) is 0 Å². The average Bonchev–Trinajstić information content (AvgIpc) is 2.04. The standard InChI is InChI=1S/C8H10FO3P/c1-2-11-13(9,10)12-8-6-4-3-5-7-8/h3-7H,2H2,1H3. The molecule has 0 spiro atoms. The van der Waals surface area contributed by atoms with Gasteiger partial charge in [-0.15, -0.1) is 4.20 Å². The van der Waals surface area contributed by atoms with E-state index < -0.39 is 7.91 Å². The Morgan fingerprint density at radius 1 is 1.38 bits per heavy atom. The van der Waals surface area contributed by atoms with Crippen molar-refractivity contribution in [2.45, 2.75) is 6.92 Å². The van der Waals surface area contributed by atoms with Crippen molar-refractivity contribution in [1.82, 2.24) is 0 Å². The van der Waals surface area contributed by atoms with Crippen molar-refractivity contribution in [2.24, 2.45) is 0 Å². The summed E-state index contributed by atoms with van der Waals surface area (Å²) in [5.41, 5.74) is 0. The second kappa shape index (κ2) is 4.40. The van der Waals surface area contributed by atoms with Gasteiger partial charge in [-0.3, -0.25) is 4.52 Å². The number of halogens is 1. The van der Waals surface area contributed by atoms with E-state index in [9.17, 15) is 8.76 Å². The summed E-state index contributed by atoms with van der Waals surface area (Å²) in [5.74, 6) is 0.196. The van der Waals surface area contributed by atoms with Gasteiger partial charge in [-0.05, 0) is 19.1 Å². The second-order valence-electron chi connectivity index (χ2n) is 2.25. The largest absolute Gasteiger partial charge is 0.569 e. The number of hydrogen-bond donors (Lipinski definition) is 0. The minimum absolute atomic E-state index is 0.0145. The molecule has 0 bridgehead atoms. The van der Waals surface area contributed by atoms with Gasteiger partial charge in [-0.2, -0.15) is 0 Å². The molecule has 5 heteroatoms. The molecule has 0 aliphatic heterocycles. The third-order valence-corrected chi connectivity index (χ3v) is 2.24. The van der Waals surface area contributed by atoms with Crippen molar-refractivity contribution in [3.05, 3.63) is 30.3 Å². The first-order valence-electron chi connectivity index (χ1n) is 3.83. The molecular weight excluding hydrogens is 194 g/mol. The van der Waals surface area contributed by atoms with Gasteiger partial charge < -0.3 is 4.52 Å². The monoisotopic (exact) mass is 204 g/mol. The predicted molar refractivity (Wildman–Crippen MR) is 47.4 cm³/mol. The molecule has 1 aromatic carbocycles. The van der Waals surface area contributed by atoms with E-state index in [2.05, 4.69) is 9.05 Å². The fourth-order valence-corrected chi connectivity index (χ4v) is 1.52. The molecule has 0 aromatic heterocycles. The first-order chi connectivity index (χ1) is 6.14. The summed E-state index contributed by atoms with van der Waals surface area (Å²) in [6, 6.07) is 8.07. The van der Waals surface area contributed by atoms with Crippen molar-refractivity contribution in [3.63, 3.8) is 0 Å². The molecule has 13 heavy (non-hydrogen) atoms. The van der Waals surface area contributed by atoms with E-state index >= 15 is 0 Å². The fourth-order valence-electron chi connectivity index (χ4n) is 0.788. The summed E-state index contributed by atoms with van der Waals surface area (Å²) in [6.07, 6.45) is 0. The summed E-state index contributed by atoms with van der Waals surface area (Å²) in [4.78, 5) is 0. The van der Waals surface area contributed by atoms with Gasteiger partial charge in [-0.1, -0.05) is 18.2 Å². The SMILES string of the molecule is CCOP(=O)(F)Oc1ccccc1. The van der Waals surface area contributed by atoms with Gasteiger partial charge >= 0.3 is 7.91 Å². The van der Waals surface area contributed by atoms with Crippen LogP contribution in [0.25, 0.3) is 0 Å². The van der Waals surface area contributed by atoms with E-state index in [1.165, 1.54) is 12.1 Å². The highest BCUT2D eigenvalue weighted by Gasteiger charge is 2.24. The Hall–Kier alpha value is -0.860. The Labute approximate surface area is 76.1 Å². The van der Waals surface area contributed by atoms with Crippen LogP contribution in [0, 0.1) is 0 Å². The zero-order valence-corrected chi connectivity index (χ0v) is 8.04. The second-order valence-corrected chi connectivity index (χ2v) is 3.55. The average molecular weight is 204 g/mol. The maximum absolute atomic E-state index is 12.9. The lowest BCUT2D eigenvalue weighted by molar-refractivity contribution is 0.244. The topological polar surface area (TPSA) is 35.5 Å². The third-order valence-electron chi connectivity index (χ3n) is 1.24. The first-order valence-corrected chi connectivity index (χ1v) is 5.26. The highest BCUT2D eigenvalue weighted by atomic mass is 31.2. The molecule has 1 rings (SSSR count). The molecule has 0 N–H and O–H groups in total. The third kappa shape index (κ3) is 3.57. The molecule has 0 saturated heterocycles. The molecule has 0 aliphatic carbocycles. The maximum Gasteiger partial charge on any atom is 0.569 e.